The molecule has 5 rings (SSSR count). The van der Waals surface area contributed by atoms with Crippen LogP contribution in [-0.2, 0) is 17.6 Å². The molecule has 1 saturated heterocycles. The van der Waals surface area contributed by atoms with E-state index in [0.29, 0.717) is 17.9 Å². The number of ether oxygens (including phenoxy) is 2. The number of nitrogens with two attached hydrogens (primary N) is 1. The van der Waals surface area contributed by atoms with Gasteiger partial charge in [-0.1, -0.05) is 6.07 Å². The van der Waals surface area contributed by atoms with Crippen LogP contribution in [0.25, 0.3) is 11.4 Å². The van der Waals surface area contributed by atoms with E-state index in [1.54, 1.807) is 19.7 Å². The van der Waals surface area contributed by atoms with E-state index >= 15 is 0 Å². The summed E-state index contributed by atoms with van der Waals surface area (Å²) in [5, 5.41) is 15.0. The fourth-order valence-electron chi connectivity index (χ4n) is 4.10. The average Bonchev–Trinajstić information content (AvgIpc) is 3.45. The van der Waals surface area contributed by atoms with Crippen molar-refractivity contribution < 1.29 is 9.47 Å². The Morgan fingerprint density at radius 1 is 1.34 bits per heavy atom. The quantitative estimate of drug-likeness (QED) is 0.557. The van der Waals surface area contributed by atoms with Crippen LogP contribution in [0.1, 0.15) is 23.2 Å². The van der Waals surface area contributed by atoms with E-state index in [0.717, 1.165) is 47.2 Å². The summed E-state index contributed by atoms with van der Waals surface area (Å²) in [6, 6.07) is 7.92. The highest BCUT2D eigenvalue weighted by atomic mass is 16.5. The molecule has 0 spiro atoms. The SMILES string of the molecule is COc1cc(-c2nncn2C)ccc1C1(N)N=Cc2cc(C)nc(NC3CCOC3)c2N1. The van der Waals surface area contributed by atoms with Crippen molar-refractivity contribution in [2.75, 3.05) is 31.0 Å². The Morgan fingerprint density at radius 2 is 2.22 bits per heavy atom. The van der Waals surface area contributed by atoms with Gasteiger partial charge in [0.1, 0.15) is 12.1 Å². The van der Waals surface area contributed by atoms with E-state index in [9.17, 15) is 0 Å². The highest BCUT2D eigenvalue weighted by Crippen LogP contribution is 2.38. The van der Waals surface area contributed by atoms with Crippen molar-refractivity contribution in [3.8, 4) is 17.1 Å². The smallest absolute Gasteiger partial charge is 0.212 e. The van der Waals surface area contributed by atoms with Gasteiger partial charge in [0.05, 0.1) is 31.0 Å². The molecule has 1 aromatic carbocycles. The normalized spacial score (nSPS) is 21.8. The minimum absolute atomic E-state index is 0.210. The summed E-state index contributed by atoms with van der Waals surface area (Å²) in [4.78, 5) is 9.37. The molecule has 32 heavy (non-hydrogen) atoms. The van der Waals surface area contributed by atoms with Crippen LogP contribution in [0.5, 0.6) is 5.75 Å². The number of aryl methyl sites for hydroxylation is 2. The molecule has 0 radical (unpaired) electrons. The number of aliphatic imine (C=N–C) groups is 1. The largest absolute Gasteiger partial charge is 0.496 e. The van der Waals surface area contributed by atoms with E-state index in [1.807, 2.05) is 42.8 Å². The molecule has 2 aliphatic heterocycles. The molecular weight excluding hydrogens is 408 g/mol. The van der Waals surface area contributed by atoms with Gasteiger partial charge in [-0.15, -0.1) is 10.2 Å². The van der Waals surface area contributed by atoms with E-state index in [1.165, 1.54) is 0 Å². The fourth-order valence-corrected chi connectivity index (χ4v) is 4.10. The number of benzene rings is 1. The van der Waals surface area contributed by atoms with Crippen molar-refractivity contribution in [2.45, 2.75) is 25.2 Å². The molecule has 10 heteroatoms. The molecule has 0 saturated carbocycles. The van der Waals surface area contributed by atoms with Gasteiger partial charge in [0.15, 0.2) is 11.6 Å². The van der Waals surface area contributed by atoms with E-state index in [4.69, 9.17) is 20.2 Å². The molecular formula is C22H26N8O2. The summed E-state index contributed by atoms with van der Waals surface area (Å²) in [5.74, 6) is 0.846. The van der Waals surface area contributed by atoms with Crippen LogP contribution < -0.4 is 21.1 Å². The van der Waals surface area contributed by atoms with Gasteiger partial charge in [0.2, 0.25) is 5.79 Å². The average molecular weight is 435 g/mol. The summed E-state index contributed by atoms with van der Waals surface area (Å²) in [6.07, 6.45) is 4.37. The van der Waals surface area contributed by atoms with Crippen LogP contribution in [0, 0.1) is 6.92 Å². The number of nitrogens with one attached hydrogen (secondary N) is 2. The van der Waals surface area contributed by atoms with Crippen molar-refractivity contribution in [3.63, 3.8) is 0 Å². The van der Waals surface area contributed by atoms with Crippen molar-refractivity contribution in [2.24, 2.45) is 17.8 Å². The topological polar surface area (TPSA) is 125 Å². The van der Waals surface area contributed by atoms with Crippen LogP contribution in [0.4, 0.5) is 11.5 Å². The lowest BCUT2D eigenvalue weighted by atomic mass is 10.0. The number of pyridine rings is 1. The molecule has 0 aliphatic carbocycles. The first-order valence-electron chi connectivity index (χ1n) is 10.5. The van der Waals surface area contributed by atoms with Gasteiger partial charge in [-0.3, -0.25) is 5.73 Å². The number of nitrogens with zero attached hydrogens (tertiary/aromatic N) is 5. The molecule has 2 aliphatic rings. The molecule has 1 fully saturated rings. The molecule has 4 N–H and O–H groups in total. The van der Waals surface area contributed by atoms with Crippen LogP contribution in [-0.4, -0.2) is 52.3 Å². The number of fused-ring (bicyclic) bond motifs is 1. The third-order valence-corrected chi connectivity index (χ3v) is 5.75. The Labute approximate surface area is 185 Å². The molecule has 0 bridgehead atoms. The first kappa shape index (κ1) is 20.4. The Morgan fingerprint density at radius 3 is 2.94 bits per heavy atom. The first-order valence-corrected chi connectivity index (χ1v) is 10.5. The van der Waals surface area contributed by atoms with Gasteiger partial charge in [0.25, 0.3) is 0 Å². The third-order valence-electron chi connectivity index (χ3n) is 5.75. The van der Waals surface area contributed by atoms with E-state index in [-0.39, 0.29) is 6.04 Å². The van der Waals surface area contributed by atoms with Crippen LogP contribution in [0.2, 0.25) is 0 Å². The Hall–Kier alpha value is -3.50. The maximum Gasteiger partial charge on any atom is 0.212 e. The Kier molecular flexibility index (Phi) is 5.03. The van der Waals surface area contributed by atoms with Crippen molar-refractivity contribution >= 4 is 17.7 Å². The Bertz CT molecular complexity index is 1180. The fraction of sp³-hybridized carbons (Fsp3) is 0.364. The number of hydrogen-bond donors (Lipinski definition) is 3. The molecule has 2 atom stereocenters. The summed E-state index contributed by atoms with van der Waals surface area (Å²) in [6.45, 7) is 3.36. The summed E-state index contributed by atoms with van der Waals surface area (Å²) in [7, 11) is 3.50. The summed E-state index contributed by atoms with van der Waals surface area (Å²) >= 11 is 0. The highest BCUT2D eigenvalue weighted by Gasteiger charge is 2.35. The molecule has 2 aromatic heterocycles. The van der Waals surface area contributed by atoms with E-state index < -0.39 is 5.79 Å². The first-order chi connectivity index (χ1) is 15.5. The van der Waals surface area contributed by atoms with Crippen molar-refractivity contribution in [3.05, 3.63) is 47.4 Å². The van der Waals surface area contributed by atoms with Crippen LogP contribution >= 0.6 is 0 Å². The van der Waals surface area contributed by atoms with Crippen LogP contribution in [0.15, 0.2) is 35.6 Å². The zero-order valence-corrected chi connectivity index (χ0v) is 18.3. The number of rotatable bonds is 5. The number of aromatic nitrogens is 4. The molecule has 10 nitrogen and oxygen atoms in total. The summed E-state index contributed by atoms with van der Waals surface area (Å²) in [5.41, 5.74) is 11.0. The zero-order chi connectivity index (χ0) is 22.3. The Balaban J connectivity index is 1.52. The molecule has 3 aromatic rings. The lowest BCUT2D eigenvalue weighted by molar-refractivity contribution is 0.195. The monoisotopic (exact) mass is 434 g/mol. The lowest BCUT2D eigenvalue weighted by Crippen LogP contribution is -2.45. The highest BCUT2D eigenvalue weighted by molar-refractivity contribution is 5.94. The predicted octanol–water partition coefficient (Wildman–Crippen LogP) is 2.01. The lowest BCUT2D eigenvalue weighted by Gasteiger charge is -2.34. The van der Waals surface area contributed by atoms with Gasteiger partial charge in [0, 0.05) is 36.7 Å². The van der Waals surface area contributed by atoms with Gasteiger partial charge < -0.3 is 24.7 Å². The standard InChI is InChI=1S/C22H26N8O2/c1-13-8-15-10-24-22(23,28-19(15)20(26-13)27-16-6-7-32-11-16)17-5-4-14(9-18(17)31-3)21-29-25-12-30(21)2/h4-5,8-10,12,16,28H,6-7,11,23H2,1-3H3,(H,26,27). The van der Waals surface area contributed by atoms with Gasteiger partial charge >= 0.3 is 0 Å². The second-order valence-electron chi connectivity index (χ2n) is 8.11. The maximum absolute atomic E-state index is 6.78. The predicted molar refractivity (Wildman–Crippen MR) is 122 cm³/mol. The van der Waals surface area contributed by atoms with Gasteiger partial charge in [-0.25, -0.2) is 9.98 Å². The molecule has 0 amide bonds. The second-order valence-corrected chi connectivity index (χ2v) is 8.11. The maximum atomic E-state index is 6.78. The molecule has 2 unspecified atom stereocenters. The van der Waals surface area contributed by atoms with Gasteiger partial charge in [-0.2, -0.15) is 0 Å². The second kappa shape index (κ2) is 7.88. The van der Waals surface area contributed by atoms with Crippen molar-refractivity contribution in [1.29, 1.82) is 0 Å². The molecule has 166 valence electrons. The number of anilines is 2. The van der Waals surface area contributed by atoms with E-state index in [2.05, 4.69) is 25.8 Å². The van der Waals surface area contributed by atoms with Crippen LogP contribution in [0.3, 0.4) is 0 Å². The number of methoxy groups -OCH3 is 1. The minimum atomic E-state index is -1.23. The third kappa shape index (κ3) is 3.57. The minimum Gasteiger partial charge on any atom is -0.496 e. The number of hydrogen-bond acceptors (Lipinski definition) is 9. The summed E-state index contributed by atoms with van der Waals surface area (Å²) < 4.78 is 13.0. The van der Waals surface area contributed by atoms with Crippen molar-refractivity contribution in [1.82, 2.24) is 19.7 Å². The zero-order valence-electron chi connectivity index (χ0n) is 18.3. The van der Waals surface area contributed by atoms with Gasteiger partial charge in [-0.05, 0) is 31.5 Å². The molecule has 4 heterocycles.